The van der Waals surface area contributed by atoms with E-state index in [0.717, 1.165) is 25.7 Å². The fraction of sp³-hybridized carbons (Fsp3) is 0.636. The van der Waals surface area contributed by atoms with Gasteiger partial charge < -0.3 is 0 Å². The van der Waals surface area contributed by atoms with Crippen molar-refractivity contribution < 1.29 is 0 Å². The van der Waals surface area contributed by atoms with E-state index in [-0.39, 0.29) is 17.3 Å². The van der Waals surface area contributed by atoms with Gasteiger partial charge in [0.25, 0.3) is 5.56 Å². The van der Waals surface area contributed by atoms with Gasteiger partial charge in [-0.1, -0.05) is 0 Å². The largest absolute Gasteiger partial charge is 0.331 e. The lowest BCUT2D eigenvalue weighted by molar-refractivity contribution is 0.564. The van der Waals surface area contributed by atoms with Crippen molar-refractivity contribution in [3.63, 3.8) is 0 Å². The molecule has 15 heavy (non-hydrogen) atoms. The summed E-state index contributed by atoms with van der Waals surface area (Å²) in [7, 11) is 0. The molecule has 0 N–H and O–H groups in total. The lowest BCUT2D eigenvalue weighted by atomic mass is 10.3. The second-order valence-corrected chi connectivity index (χ2v) is 4.64. The molecule has 2 aliphatic rings. The van der Waals surface area contributed by atoms with E-state index in [1.54, 1.807) is 17.7 Å². The molecule has 1 aromatic rings. The van der Waals surface area contributed by atoms with Gasteiger partial charge in [-0.25, -0.2) is 4.79 Å². The minimum atomic E-state index is -0.101. The third-order valence-electron chi connectivity index (χ3n) is 3.17. The zero-order valence-corrected chi connectivity index (χ0v) is 8.77. The van der Waals surface area contributed by atoms with E-state index < -0.39 is 0 Å². The van der Waals surface area contributed by atoms with Gasteiger partial charge in [0, 0.05) is 23.8 Å². The second kappa shape index (κ2) is 2.84. The quantitative estimate of drug-likeness (QED) is 0.724. The van der Waals surface area contributed by atoms with Gasteiger partial charge in [0.05, 0.1) is 0 Å². The molecular weight excluding hydrogens is 192 g/mol. The van der Waals surface area contributed by atoms with E-state index in [4.69, 9.17) is 0 Å². The van der Waals surface area contributed by atoms with Crippen molar-refractivity contribution in [2.24, 2.45) is 0 Å². The first-order valence-electron chi connectivity index (χ1n) is 5.53. The molecule has 0 aromatic carbocycles. The Hall–Kier alpha value is -1.32. The summed E-state index contributed by atoms with van der Waals surface area (Å²) in [5, 5.41) is 0. The average molecular weight is 206 g/mol. The Bertz CT molecular complexity index is 518. The summed E-state index contributed by atoms with van der Waals surface area (Å²) in [6, 6.07) is 0.525. The van der Waals surface area contributed by atoms with Crippen LogP contribution < -0.4 is 11.2 Å². The van der Waals surface area contributed by atoms with Gasteiger partial charge in [0.15, 0.2) is 0 Å². The molecule has 0 amide bonds. The fourth-order valence-corrected chi connectivity index (χ4v) is 1.99. The van der Waals surface area contributed by atoms with Crippen molar-refractivity contribution in [3.8, 4) is 0 Å². The molecule has 4 nitrogen and oxygen atoms in total. The van der Waals surface area contributed by atoms with Crippen LogP contribution in [0, 0.1) is 6.92 Å². The van der Waals surface area contributed by atoms with Crippen LogP contribution >= 0.6 is 0 Å². The average Bonchev–Trinajstić information content (AvgIpc) is 2.99. The van der Waals surface area contributed by atoms with Crippen molar-refractivity contribution in [2.75, 3.05) is 0 Å². The maximum absolute atomic E-state index is 12.0. The molecule has 2 fully saturated rings. The van der Waals surface area contributed by atoms with Crippen LogP contribution in [0.5, 0.6) is 0 Å². The van der Waals surface area contributed by atoms with E-state index in [0.29, 0.717) is 11.6 Å². The highest BCUT2D eigenvalue weighted by Crippen LogP contribution is 2.35. The van der Waals surface area contributed by atoms with E-state index in [2.05, 4.69) is 0 Å². The number of aromatic nitrogens is 2. The molecule has 1 aromatic heterocycles. The molecular formula is C11H14N2O2. The molecule has 0 radical (unpaired) electrons. The van der Waals surface area contributed by atoms with Crippen LogP contribution in [0.2, 0.25) is 0 Å². The van der Waals surface area contributed by atoms with Crippen molar-refractivity contribution in [3.05, 3.63) is 32.6 Å². The summed E-state index contributed by atoms with van der Waals surface area (Å²) in [4.78, 5) is 23.8. The Kier molecular flexibility index (Phi) is 1.69. The minimum Gasteiger partial charge on any atom is -0.297 e. The molecule has 2 saturated carbocycles. The Labute approximate surface area is 87.2 Å². The van der Waals surface area contributed by atoms with Gasteiger partial charge in [-0.05, 0) is 32.6 Å². The lowest BCUT2D eigenvalue weighted by Gasteiger charge is -2.09. The van der Waals surface area contributed by atoms with Gasteiger partial charge in [0.1, 0.15) is 0 Å². The minimum absolute atomic E-state index is 0.0978. The van der Waals surface area contributed by atoms with Gasteiger partial charge in [0.2, 0.25) is 0 Å². The summed E-state index contributed by atoms with van der Waals surface area (Å²) in [6.07, 6.45) is 5.82. The maximum Gasteiger partial charge on any atom is 0.331 e. The SMILES string of the molecule is Cc1cn(C2CC2)c(=O)n(C2CC2)c1=O. The molecule has 0 spiro atoms. The van der Waals surface area contributed by atoms with Crippen LogP contribution in [-0.2, 0) is 0 Å². The summed E-state index contributed by atoms with van der Waals surface area (Å²) < 4.78 is 3.20. The maximum atomic E-state index is 12.0. The van der Waals surface area contributed by atoms with Crippen LogP contribution in [0.25, 0.3) is 0 Å². The summed E-state index contributed by atoms with van der Waals surface area (Å²) in [5.41, 5.74) is 0.489. The Morgan fingerprint density at radius 3 is 2.27 bits per heavy atom. The van der Waals surface area contributed by atoms with E-state index in [1.807, 2.05) is 0 Å². The zero-order valence-electron chi connectivity index (χ0n) is 8.77. The van der Waals surface area contributed by atoms with Crippen molar-refractivity contribution in [2.45, 2.75) is 44.7 Å². The highest BCUT2D eigenvalue weighted by Gasteiger charge is 2.31. The third-order valence-corrected chi connectivity index (χ3v) is 3.17. The Morgan fingerprint density at radius 1 is 1.13 bits per heavy atom. The third kappa shape index (κ3) is 1.35. The fourth-order valence-electron chi connectivity index (χ4n) is 1.99. The summed E-state index contributed by atoms with van der Waals surface area (Å²) in [6.45, 7) is 1.79. The van der Waals surface area contributed by atoms with Crippen LogP contribution in [-0.4, -0.2) is 9.13 Å². The van der Waals surface area contributed by atoms with Crippen LogP contribution in [0.1, 0.15) is 43.3 Å². The van der Waals surface area contributed by atoms with Gasteiger partial charge in [-0.15, -0.1) is 0 Å². The van der Waals surface area contributed by atoms with Crippen molar-refractivity contribution >= 4 is 0 Å². The summed E-state index contributed by atoms with van der Waals surface area (Å²) >= 11 is 0. The molecule has 0 saturated heterocycles. The first-order valence-corrected chi connectivity index (χ1v) is 5.53. The molecule has 2 aliphatic carbocycles. The smallest absolute Gasteiger partial charge is 0.297 e. The molecule has 80 valence electrons. The predicted octanol–water partition coefficient (Wildman–Crippen LogP) is 0.988. The highest BCUT2D eigenvalue weighted by atomic mass is 16.2. The molecule has 0 bridgehead atoms. The van der Waals surface area contributed by atoms with E-state index in [9.17, 15) is 9.59 Å². The molecule has 0 unspecified atom stereocenters. The van der Waals surface area contributed by atoms with Crippen molar-refractivity contribution in [1.82, 2.24) is 9.13 Å². The van der Waals surface area contributed by atoms with Gasteiger partial charge in [-0.2, -0.15) is 0 Å². The van der Waals surface area contributed by atoms with E-state index in [1.165, 1.54) is 4.57 Å². The zero-order chi connectivity index (χ0) is 10.6. The normalized spacial score (nSPS) is 20.6. The van der Waals surface area contributed by atoms with Crippen LogP contribution in [0.15, 0.2) is 15.8 Å². The predicted molar refractivity (Wildman–Crippen MR) is 56.2 cm³/mol. The Balaban J connectivity index is 2.26. The van der Waals surface area contributed by atoms with Gasteiger partial charge >= 0.3 is 5.69 Å². The van der Waals surface area contributed by atoms with Crippen molar-refractivity contribution in [1.29, 1.82) is 0 Å². The second-order valence-electron chi connectivity index (χ2n) is 4.64. The molecule has 4 heteroatoms. The molecule has 0 aliphatic heterocycles. The standard InChI is InChI=1S/C11H14N2O2/c1-7-6-12(8-2-3-8)11(15)13(10(7)14)9-4-5-9/h6,8-9H,2-5H2,1H3. The van der Waals surface area contributed by atoms with Crippen LogP contribution in [0.3, 0.4) is 0 Å². The monoisotopic (exact) mass is 206 g/mol. The van der Waals surface area contributed by atoms with E-state index >= 15 is 0 Å². The first-order chi connectivity index (χ1) is 7.18. The first kappa shape index (κ1) is 8.95. The topological polar surface area (TPSA) is 44.0 Å². The molecule has 1 heterocycles. The molecule has 3 rings (SSSR count). The number of aryl methyl sites for hydroxylation is 1. The number of nitrogens with zero attached hydrogens (tertiary/aromatic N) is 2. The summed E-state index contributed by atoms with van der Waals surface area (Å²) in [5.74, 6) is 0. The number of hydrogen-bond acceptors (Lipinski definition) is 2. The highest BCUT2D eigenvalue weighted by molar-refractivity contribution is 5.07. The Morgan fingerprint density at radius 2 is 1.73 bits per heavy atom. The van der Waals surface area contributed by atoms with Gasteiger partial charge in [-0.3, -0.25) is 13.9 Å². The number of rotatable bonds is 2. The molecule has 0 atom stereocenters. The lowest BCUT2D eigenvalue weighted by Crippen LogP contribution is -2.39. The number of hydrogen-bond donors (Lipinski definition) is 0. The van der Waals surface area contributed by atoms with Crippen LogP contribution in [0.4, 0.5) is 0 Å².